The highest BCUT2D eigenvalue weighted by molar-refractivity contribution is 7.92. The molecule has 6 rings (SSSR count). The lowest BCUT2D eigenvalue weighted by Crippen LogP contribution is -2.47. The minimum Gasteiger partial charge on any atom is -0.472 e. The molecule has 1 N–H and O–H groups in total. The lowest BCUT2D eigenvalue weighted by Gasteiger charge is -2.33. The SMILES string of the molecule is Cc1cccc(C)c1-c1cc2nc(n1)NS(=O)(=O)c1cccc(c1)C(=O)N1C[C@H]3C[C@@H]1[C@@H](C3)O2. The summed E-state index contributed by atoms with van der Waals surface area (Å²) in [4.78, 5) is 24.1. The van der Waals surface area contributed by atoms with E-state index in [2.05, 4.69) is 14.7 Å². The number of hydrogen-bond donors (Lipinski definition) is 1. The van der Waals surface area contributed by atoms with Gasteiger partial charge in [0.05, 0.1) is 16.6 Å². The number of carbonyl (C=O) groups is 1. The van der Waals surface area contributed by atoms with Gasteiger partial charge >= 0.3 is 0 Å². The van der Waals surface area contributed by atoms with Gasteiger partial charge in [0.1, 0.15) is 6.10 Å². The Bertz CT molecular complexity index is 1420. The second kappa shape index (κ2) is 7.53. The van der Waals surface area contributed by atoms with Gasteiger partial charge in [-0.3, -0.25) is 4.79 Å². The monoisotopic (exact) mass is 476 g/mol. The minimum atomic E-state index is -4.03. The van der Waals surface area contributed by atoms with Gasteiger partial charge in [-0.05, 0) is 61.9 Å². The number of rotatable bonds is 1. The first-order valence-corrected chi connectivity index (χ1v) is 12.8. The molecule has 1 saturated heterocycles. The quantitative estimate of drug-likeness (QED) is 0.576. The molecule has 0 unspecified atom stereocenters. The van der Waals surface area contributed by atoms with Crippen molar-refractivity contribution >= 4 is 21.9 Å². The second-order valence-corrected chi connectivity index (χ2v) is 11.0. The van der Waals surface area contributed by atoms with Gasteiger partial charge in [0, 0.05) is 23.7 Å². The van der Waals surface area contributed by atoms with E-state index >= 15 is 0 Å². The molecule has 2 fully saturated rings. The number of nitrogens with zero attached hydrogens (tertiary/aromatic N) is 3. The maximum absolute atomic E-state index is 13.3. The smallest absolute Gasteiger partial charge is 0.264 e. The summed E-state index contributed by atoms with van der Waals surface area (Å²) in [5.74, 6) is 0.409. The van der Waals surface area contributed by atoms with Crippen molar-refractivity contribution < 1.29 is 17.9 Å². The molecule has 0 spiro atoms. The van der Waals surface area contributed by atoms with Crippen LogP contribution >= 0.6 is 0 Å². The lowest BCUT2D eigenvalue weighted by atomic mass is 10.00. The van der Waals surface area contributed by atoms with Crippen molar-refractivity contribution in [2.75, 3.05) is 11.3 Å². The van der Waals surface area contributed by atoms with Crippen LogP contribution in [0.2, 0.25) is 0 Å². The molecule has 3 aliphatic rings. The standard InChI is InChI=1S/C25H24N4O4S/c1-14-5-3-6-15(2)23(14)19-12-22-27-25(26-19)28-34(31,32)18-8-4-7-17(11-18)24(30)29-13-16-9-20(29)21(10-16)33-22/h3-8,11-12,16,20-21H,9-10,13H2,1-2H3,(H,26,27,28)/t16-,20+,21+/m0/s1. The van der Waals surface area contributed by atoms with Crippen LogP contribution in [0.1, 0.15) is 34.3 Å². The number of ether oxygens (including phenoxy) is 1. The van der Waals surface area contributed by atoms with Crippen molar-refractivity contribution in [3.63, 3.8) is 0 Å². The summed E-state index contributed by atoms with van der Waals surface area (Å²) in [5.41, 5.74) is 3.86. The van der Waals surface area contributed by atoms with Crippen molar-refractivity contribution in [1.29, 1.82) is 0 Å². The first kappa shape index (κ1) is 21.1. The maximum Gasteiger partial charge on any atom is 0.264 e. The van der Waals surface area contributed by atoms with Crippen molar-refractivity contribution in [2.24, 2.45) is 5.92 Å². The number of hydrogen-bond acceptors (Lipinski definition) is 6. The fourth-order valence-corrected chi connectivity index (χ4v) is 6.49. The highest BCUT2D eigenvalue weighted by Gasteiger charge is 2.48. The van der Waals surface area contributed by atoms with E-state index in [1.807, 2.05) is 36.9 Å². The van der Waals surface area contributed by atoms with Gasteiger partial charge in [0.25, 0.3) is 15.9 Å². The van der Waals surface area contributed by atoms with Crippen LogP contribution in [0.5, 0.6) is 5.88 Å². The molecule has 2 aromatic carbocycles. The molecule has 1 saturated carbocycles. The van der Waals surface area contributed by atoms with E-state index < -0.39 is 10.0 Å². The molecule has 1 amide bonds. The molecule has 3 atom stereocenters. The van der Waals surface area contributed by atoms with E-state index in [0.29, 0.717) is 29.6 Å². The van der Waals surface area contributed by atoms with Crippen LogP contribution in [0.25, 0.3) is 11.3 Å². The summed E-state index contributed by atoms with van der Waals surface area (Å²) in [7, 11) is -4.03. The third-order valence-electron chi connectivity index (χ3n) is 7.01. The number of carbonyl (C=O) groups excluding carboxylic acids is 1. The number of nitrogens with one attached hydrogen (secondary N) is 1. The van der Waals surface area contributed by atoms with Crippen LogP contribution in [-0.4, -0.2) is 47.9 Å². The van der Waals surface area contributed by atoms with Gasteiger partial charge in [-0.2, -0.15) is 4.98 Å². The van der Waals surface area contributed by atoms with Crippen LogP contribution in [0.3, 0.4) is 0 Å². The van der Waals surface area contributed by atoms with Crippen molar-refractivity contribution in [2.45, 2.75) is 43.7 Å². The zero-order valence-electron chi connectivity index (χ0n) is 18.9. The molecule has 3 heterocycles. The van der Waals surface area contributed by atoms with Gasteiger partial charge in [0.2, 0.25) is 11.8 Å². The molecule has 1 aromatic heterocycles. The Kier molecular flexibility index (Phi) is 4.67. The fourth-order valence-electron chi connectivity index (χ4n) is 5.50. The van der Waals surface area contributed by atoms with Crippen LogP contribution in [0, 0.1) is 19.8 Å². The van der Waals surface area contributed by atoms with Crippen LogP contribution in [0.15, 0.2) is 53.4 Å². The van der Waals surface area contributed by atoms with Crippen LogP contribution in [0.4, 0.5) is 5.95 Å². The highest BCUT2D eigenvalue weighted by atomic mass is 32.2. The first-order chi connectivity index (χ1) is 16.3. The molecule has 1 aliphatic carbocycles. The number of amides is 1. The molecule has 9 heteroatoms. The Hall–Kier alpha value is -3.46. The van der Waals surface area contributed by atoms with Crippen molar-refractivity contribution in [3.05, 3.63) is 65.2 Å². The van der Waals surface area contributed by atoms with Gasteiger partial charge in [-0.1, -0.05) is 24.3 Å². The summed E-state index contributed by atoms with van der Waals surface area (Å²) in [6, 6.07) is 13.7. The van der Waals surface area contributed by atoms with Crippen LogP contribution < -0.4 is 9.46 Å². The second-order valence-electron chi connectivity index (χ2n) is 9.33. The number of sulfonamides is 1. The largest absolute Gasteiger partial charge is 0.472 e. The van der Waals surface area contributed by atoms with Gasteiger partial charge in [-0.25, -0.2) is 18.1 Å². The van der Waals surface area contributed by atoms with Gasteiger partial charge in [-0.15, -0.1) is 0 Å². The van der Waals surface area contributed by atoms with Crippen molar-refractivity contribution in [1.82, 2.24) is 14.9 Å². The van der Waals surface area contributed by atoms with E-state index in [4.69, 9.17) is 4.74 Å². The Morgan fingerprint density at radius 3 is 2.56 bits per heavy atom. The van der Waals surface area contributed by atoms with E-state index in [0.717, 1.165) is 29.5 Å². The topological polar surface area (TPSA) is 101 Å². The summed E-state index contributed by atoms with van der Waals surface area (Å²) in [6.07, 6.45) is 1.49. The number of aromatic nitrogens is 2. The fraction of sp³-hybridized carbons (Fsp3) is 0.320. The molecule has 6 bridgehead atoms. The highest BCUT2D eigenvalue weighted by Crippen LogP contribution is 2.41. The summed E-state index contributed by atoms with van der Waals surface area (Å²) < 4.78 is 35.2. The molecule has 8 nitrogen and oxygen atoms in total. The van der Waals surface area contributed by atoms with E-state index in [1.54, 1.807) is 18.2 Å². The predicted octanol–water partition coefficient (Wildman–Crippen LogP) is 3.56. The first-order valence-electron chi connectivity index (χ1n) is 11.3. The Morgan fingerprint density at radius 1 is 1.03 bits per heavy atom. The lowest BCUT2D eigenvalue weighted by molar-refractivity contribution is 0.0466. The van der Waals surface area contributed by atoms with E-state index in [9.17, 15) is 13.2 Å². The normalized spacial score (nSPS) is 24.5. The van der Waals surface area contributed by atoms with E-state index in [-0.39, 0.29) is 28.9 Å². The van der Waals surface area contributed by atoms with Crippen LogP contribution in [-0.2, 0) is 10.0 Å². The molecule has 2 aliphatic heterocycles. The number of aryl methyl sites for hydroxylation is 2. The molecular formula is C25H24N4O4S. The number of fused-ring (bicyclic) bond motifs is 5. The van der Waals surface area contributed by atoms with E-state index in [1.165, 1.54) is 12.1 Å². The van der Waals surface area contributed by atoms with Crippen molar-refractivity contribution in [3.8, 4) is 17.1 Å². The Labute approximate surface area is 198 Å². The Balaban J connectivity index is 1.53. The number of anilines is 1. The molecule has 174 valence electrons. The van der Waals surface area contributed by atoms with Gasteiger partial charge in [0.15, 0.2) is 0 Å². The summed E-state index contributed by atoms with van der Waals surface area (Å²) >= 11 is 0. The van der Waals surface area contributed by atoms with Gasteiger partial charge < -0.3 is 9.64 Å². The maximum atomic E-state index is 13.3. The average Bonchev–Trinajstić information content (AvgIpc) is 3.38. The third-order valence-corrected chi connectivity index (χ3v) is 8.34. The number of piperidine rings is 1. The molecule has 3 aromatic rings. The minimum absolute atomic E-state index is 0.0120. The predicted molar refractivity (Wildman–Crippen MR) is 126 cm³/mol. The number of benzene rings is 2. The third kappa shape index (κ3) is 3.42. The Morgan fingerprint density at radius 2 is 1.79 bits per heavy atom. The zero-order valence-corrected chi connectivity index (χ0v) is 19.7. The molecule has 34 heavy (non-hydrogen) atoms. The molecular weight excluding hydrogens is 452 g/mol. The average molecular weight is 477 g/mol. The molecule has 0 radical (unpaired) electrons. The summed E-state index contributed by atoms with van der Waals surface area (Å²) in [5, 5.41) is 0. The summed E-state index contributed by atoms with van der Waals surface area (Å²) in [6.45, 7) is 4.63. The zero-order chi connectivity index (χ0) is 23.6.